The van der Waals surface area contributed by atoms with Crippen molar-refractivity contribution in [3.63, 3.8) is 0 Å². The molecule has 9 heteroatoms. The van der Waals surface area contributed by atoms with Crippen LogP contribution in [0.1, 0.15) is 58.6 Å². The van der Waals surface area contributed by atoms with E-state index in [9.17, 15) is 18.0 Å². The minimum atomic E-state index is -4.75. The predicted octanol–water partition coefficient (Wildman–Crippen LogP) is 6.43. The van der Waals surface area contributed by atoms with Crippen LogP contribution in [0.15, 0.2) is 54.3 Å². The molecule has 0 radical (unpaired) electrons. The Morgan fingerprint density at radius 1 is 1.24 bits per heavy atom. The lowest BCUT2D eigenvalue weighted by molar-refractivity contribution is -0.137. The highest BCUT2D eigenvalue weighted by Gasteiger charge is 2.51. The van der Waals surface area contributed by atoms with E-state index in [1.54, 1.807) is 30.9 Å². The molecule has 1 amide bonds. The van der Waals surface area contributed by atoms with E-state index in [4.69, 9.17) is 17.5 Å². The number of carbonyl (C=O) groups excluding carboxylic acids is 1. The number of thiocarbonyl (C=S) groups is 1. The summed E-state index contributed by atoms with van der Waals surface area (Å²) < 4.78 is 40.7. The standard InChI is InChI=1S/C28H33F3N4OS/c1-7-22(10-8-19(4)20-12-14-33(15-13-20)18(2)3)35-26(37)34(25(36)27(35,5)6)23-11-9-21(17-32)24(16-23)28(29,30)31/h7-11,16,18,20H,1,12-15H2,2-6H3/b19-8+,22-10+. The van der Waals surface area contributed by atoms with Crippen LogP contribution in [0.25, 0.3) is 0 Å². The molecule has 0 spiro atoms. The summed E-state index contributed by atoms with van der Waals surface area (Å²) in [7, 11) is 0. The maximum absolute atomic E-state index is 13.6. The highest BCUT2D eigenvalue weighted by molar-refractivity contribution is 7.80. The third-order valence-electron chi connectivity index (χ3n) is 7.24. The number of nitriles is 1. The van der Waals surface area contributed by atoms with Gasteiger partial charge in [-0.25, -0.2) is 0 Å². The molecule has 2 aliphatic rings. The molecule has 2 aliphatic heterocycles. The summed E-state index contributed by atoms with van der Waals surface area (Å²) in [5, 5.41) is 9.17. The lowest BCUT2D eigenvalue weighted by Crippen LogP contribution is -2.43. The Labute approximate surface area is 222 Å². The van der Waals surface area contributed by atoms with E-state index < -0.39 is 28.7 Å². The summed E-state index contributed by atoms with van der Waals surface area (Å²) in [4.78, 5) is 18.6. The summed E-state index contributed by atoms with van der Waals surface area (Å²) >= 11 is 5.62. The van der Waals surface area contributed by atoms with Gasteiger partial charge in [0, 0.05) is 11.7 Å². The molecular formula is C28H33F3N4OS. The maximum atomic E-state index is 13.6. The second kappa shape index (κ2) is 10.8. The van der Waals surface area contributed by atoms with Crippen LogP contribution < -0.4 is 4.90 Å². The van der Waals surface area contributed by atoms with Crippen molar-refractivity contribution in [3.8, 4) is 6.07 Å². The van der Waals surface area contributed by atoms with Crippen LogP contribution in [0.2, 0.25) is 0 Å². The minimum absolute atomic E-state index is 0.0380. The monoisotopic (exact) mass is 530 g/mol. The minimum Gasteiger partial charge on any atom is -0.304 e. The van der Waals surface area contributed by atoms with Crippen molar-refractivity contribution in [3.05, 3.63) is 65.4 Å². The van der Waals surface area contributed by atoms with Crippen molar-refractivity contribution < 1.29 is 18.0 Å². The number of rotatable bonds is 6. The first kappa shape index (κ1) is 28.6. The van der Waals surface area contributed by atoms with Crippen molar-refractivity contribution in [2.45, 2.75) is 65.2 Å². The topological polar surface area (TPSA) is 50.6 Å². The first-order valence-corrected chi connectivity index (χ1v) is 12.7. The zero-order chi connectivity index (χ0) is 27.7. The van der Waals surface area contributed by atoms with Gasteiger partial charge in [-0.3, -0.25) is 9.69 Å². The smallest absolute Gasteiger partial charge is 0.304 e. The molecule has 0 bridgehead atoms. The zero-order valence-corrected chi connectivity index (χ0v) is 22.7. The number of benzene rings is 1. The van der Waals surface area contributed by atoms with Crippen molar-refractivity contribution >= 4 is 28.9 Å². The van der Waals surface area contributed by atoms with Gasteiger partial charge in [0.25, 0.3) is 5.91 Å². The molecule has 198 valence electrons. The molecule has 1 aromatic carbocycles. The fourth-order valence-corrected chi connectivity index (χ4v) is 5.44. The maximum Gasteiger partial charge on any atom is 0.417 e. The molecule has 3 rings (SSSR count). The Bertz CT molecular complexity index is 1180. The second-order valence-corrected chi connectivity index (χ2v) is 10.6. The van der Waals surface area contributed by atoms with Gasteiger partial charge in [-0.1, -0.05) is 18.2 Å². The van der Waals surface area contributed by atoms with E-state index in [0.29, 0.717) is 17.7 Å². The molecule has 37 heavy (non-hydrogen) atoms. The van der Waals surface area contributed by atoms with E-state index in [1.807, 2.05) is 12.2 Å². The average Bonchev–Trinajstić information content (AvgIpc) is 3.02. The number of amides is 1. The van der Waals surface area contributed by atoms with E-state index in [1.165, 1.54) is 11.6 Å². The fraction of sp³-hybridized carbons (Fsp3) is 0.464. The number of alkyl halides is 3. The molecule has 2 fully saturated rings. The molecule has 0 atom stereocenters. The fourth-order valence-electron chi connectivity index (χ4n) is 4.92. The summed E-state index contributed by atoms with van der Waals surface area (Å²) in [6, 6.07) is 5.25. The average molecular weight is 531 g/mol. The molecule has 2 saturated heterocycles. The summed E-state index contributed by atoms with van der Waals surface area (Å²) in [6.45, 7) is 15.8. The van der Waals surface area contributed by atoms with Crippen LogP contribution >= 0.6 is 12.2 Å². The molecule has 5 nitrogen and oxygen atoms in total. The lowest BCUT2D eigenvalue weighted by atomic mass is 9.89. The van der Waals surface area contributed by atoms with Crippen molar-refractivity contribution in [2.75, 3.05) is 18.0 Å². The van der Waals surface area contributed by atoms with Gasteiger partial charge in [-0.05, 0) is 109 Å². The van der Waals surface area contributed by atoms with Crippen LogP contribution in [-0.2, 0) is 11.0 Å². The van der Waals surface area contributed by atoms with Crippen molar-refractivity contribution in [2.24, 2.45) is 5.92 Å². The van der Waals surface area contributed by atoms with Gasteiger partial charge in [0.2, 0.25) is 0 Å². The molecule has 0 unspecified atom stereocenters. The summed E-state index contributed by atoms with van der Waals surface area (Å²) in [5.41, 5.74) is -1.03. The number of piperidine rings is 1. The summed E-state index contributed by atoms with van der Waals surface area (Å²) in [5.74, 6) is -0.0155. The van der Waals surface area contributed by atoms with Crippen LogP contribution in [-0.4, -0.2) is 45.5 Å². The number of hydrogen-bond donors (Lipinski definition) is 0. The Balaban J connectivity index is 1.93. The van der Waals surface area contributed by atoms with Crippen LogP contribution in [0.5, 0.6) is 0 Å². The lowest BCUT2D eigenvalue weighted by Gasteiger charge is -2.35. The number of allylic oxidation sites excluding steroid dienone is 4. The number of halogens is 3. The van der Waals surface area contributed by atoms with E-state index in [-0.39, 0.29) is 10.8 Å². The molecule has 0 saturated carbocycles. The quantitative estimate of drug-likeness (QED) is 0.314. The van der Waals surface area contributed by atoms with Crippen molar-refractivity contribution in [1.29, 1.82) is 5.26 Å². The molecule has 2 heterocycles. The Morgan fingerprint density at radius 3 is 2.38 bits per heavy atom. The Morgan fingerprint density at radius 2 is 1.86 bits per heavy atom. The van der Waals surface area contributed by atoms with E-state index >= 15 is 0 Å². The highest BCUT2D eigenvalue weighted by Crippen LogP contribution is 2.39. The molecular weight excluding hydrogens is 497 g/mol. The van der Waals surface area contributed by atoms with Gasteiger partial charge in [0.05, 0.1) is 22.9 Å². The molecule has 0 aliphatic carbocycles. The molecule has 0 N–H and O–H groups in total. The number of hydrogen-bond acceptors (Lipinski definition) is 4. The summed E-state index contributed by atoms with van der Waals surface area (Å²) in [6.07, 6.45) is 2.86. The van der Waals surface area contributed by atoms with Crippen LogP contribution in [0.3, 0.4) is 0 Å². The van der Waals surface area contributed by atoms with Crippen LogP contribution in [0.4, 0.5) is 18.9 Å². The normalized spacial score (nSPS) is 20.1. The van der Waals surface area contributed by atoms with Gasteiger partial charge in [0.15, 0.2) is 5.11 Å². The number of anilines is 1. The third-order valence-corrected chi connectivity index (χ3v) is 7.61. The van der Waals surface area contributed by atoms with E-state index in [0.717, 1.165) is 43.0 Å². The van der Waals surface area contributed by atoms with E-state index in [2.05, 4.69) is 32.3 Å². The van der Waals surface area contributed by atoms with Crippen LogP contribution in [0, 0.1) is 17.2 Å². The Kier molecular flexibility index (Phi) is 8.35. The van der Waals surface area contributed by atoms with Gasteiger partial charge in [-0.2, -0.15) is 18.4 Å². The number of likely N-dealkylation sites (tertiary alicyclic amines) is 1. The first-order chi connectivity index (χ1) is 17.2. The second-order valence-electron chi connectivity index (χ2n) is 10.3. The largest absolute Gasteiger partial charge is 0.417 e. The van der Waals surface area contributed by atoms with Gasteiger partial charge in [-0.15, -0.1) is 0 Å². The zero-order valence-electron chi connectivity index (χ0n) is 21.9. The third kappa shape index (κ3) is 5.65. The first-order valence-electron chi connectivity index (χ1n) is 12.3. The van der Waals surface area contributed by atoms with Gasteiger partial charge >= 0.3 is 6.18 Å². The van der Waals surface area contributed by atoms with Gasteiger partial charge in [0.1, 0.15) is 5.54 Å². The molecule has 0 aromatic heterocycles. The number of nitrogens with zero attached hydrogens (tertiary/aromatic N) is 4. The SMILES string of the molecule is C=C/C(=C\C=C(/C)C1CCN(C(C)C)CC1)N1C(=S)N(c2ccc(C#N)c(C(F)(F)F)c2)C(=O)C1(C)C. The van der Waals surface area contributed by atoms with Crippen molar-refractivity contribution in [1.82, 2.24) is 9.80 Å². The number of carbonyl (C=O) groups is 1. The molecule has 1 aromatic rings. The van der Waals surface area contributed by atoms with Gasteiger partial charge < -0.3 is 9.80 Å². The Hall–Kier alpha value is -2.96. The predicted molar refractivity (Wildman–Crippen MR) is 144 cm³/mol. The highest BCUT2D eigenvalue weighted by atomic mass is 32.1.